The summed E-state index contributed by atoms with van der Waals surface area (Å²) >= 11 is 0. The molecule has 0 bridgehead atoms. The minimum Gasteiger partial charge on any atom is -0.487 e. The number of rotatable bonds is 12. The van der Waals surface area contributed by atoms with E-state index in [9.17, 15) is 4.79 Å². The predicted octanol–water partition coefficient (Wildman–Crippen LogP) is 7.50. The van der Waals surface area contributed by atoms with Gasteiger partial charge in [0.05, 0.1) is 5.69 Å². The molecule has 2 N–H and O–H groups in total. The Hall–Kier alpha value is -3.11. The zero-order chi connectivity index (χ0) is 24.3. The molecule has 0 aliphatic carbocycles. The van der Waals surface area contributed by atoms with Crippen molar-refractivity contribution in [3.05, 3.63) is 95.1 Å². The van der Waals surface area contributed by atoms with Gasteiger partial charge in [-0.3, -0.25) is 4.79 Å². The van der Waals surface area contributed by atoms with Crippen LogP contribution in [0.3, 0.4) is 0 Å². The molecule has 0 aliphatic heterocycles. The van der Waals surface area contributed by atoms with E-state index in [1.807, 2.05) is 36.4 Å². The summed E-state index contributed by atoms with van der Waals surface area (Å²) in [6, 6.07) is 25.3. The van der Waals surface area contributed by atoms with E-state index < -0.39 is 0 Å². The molecular formula is C30H38N2O2. The van der Waals surface area contributed by atoms with Gasteiger partial charge >= 0.3 is 0 Å². The molecule has 34 heavy (non-hydrogen) atoms. The number of unbranched alkanes of at least 4 members (excludes halogenated alkanes) is 2. The number of benzene rings is 3. The Balaban J connectivity index is 1.82. The number of ether oxygens (including phenoxy) is 1. The van der Waals surface area contributed by atoms with E-state index in [2.05, 4.69) is 67.8 Å². The van der Waals surface area contributed by atoms with Crippen molar-refractivity contribution in [3.8, 4) is 5.75 Å². The summed E-state index contributed by atoms with van der Waals surface area (Å²) in [7, 11) is 0. The lowest BCUT2D eigenvalue weighted by Gasteiger charge is -2.25. The summed E-state index contributed by atoms with van der Waals surface area (Å²) in [6.45, 7) is 8.54. The first-order chi connectivity index (χ1) is 16.5. The monoisotopic (exact) mass is 458 g/mol. The average Bonchev–Trinajstić information content (AvgIpc) is 2.83. The Morgan fingerprint density at radius 2 is 1.65 bits per heavy atom. The van der Waals surface area contributed by atoms with Crippen molar-refractivity contribution in [2.45, 2.75) is 72.1 Å². The normalized spacial score (nSPS) is 12.7. The molecule has 0 heterocycles. The molecule has 3 aromatic rings. The number of carbonyl (C=O) groups is 1. The molecule has 4 heteroatoms. The van der Waals surface area contributed by atoms with Crippen LogP contribution < -0.4 is 15.4 Å². The maximum atomic E-state index is 11.9. The van der Waals surface area contributed by atoms with Crippen LogP contribution in [0.25, 0.3) is 0 Å². The number of carbonyl (C=O) groups excluding carboxylic acids is 1. The summed E-state index contributed by atoms with van der Waals surface area (Å²) in [5.74, 6) is 0.576. The molecule has 0 saturated carbocycles. The minimum atomic E-state index is -0.106. The van der Waals surface area contributed by atoms with Gasteiger partial charge in [0.2, 0.25) is 5.91 Å². The summed E-state index contributed by atoms with van der Waals surface area (Å²) in [5.41, 5.74) is 5.50. The fourth-order valence-corrected chi connectivity index (χ4v) is 4.11. The van der Waals surface area contributed by atoms with Gasteiger partial charge in [0.25, 0.3) is 0 Å². The maximum Gasteiger partial charge on any atom is 0.221 e. The van der Waals surface area contributed by atoms with E-state index >= 15 is 0 Å². The molecule has 3 rings (SSSR count). The van der Waals surface area contributed by atoms with Gasteiger partial charge in [0, 0.05) is 19.0 Å². The van der Waals surface area contributed by atoms with E-state index in [4.69, 9.17) is 4.74 Å². The lowest BCUT2D eigenvalue weighted by atomic mass is 9.97. The maximum absolute atomic E-state index is 11.9. The molecule has 0 spiro atoms. The van der Waals surface area contributed by atoms with Gasteiger partial charge < -0.3 is 15.4 Å². The molecule has 0 aliphatic rings. The first kappa shape index (κ1) is 25.5. The molecule has 0 aromatic heterocycles. The molecule has 0 fully saturated rings. The highest BCUT2D eigenvalue weighted by molar-refractivity contribution is 5.90. The SMILES string of the molecule is CCCCCC(NC(C)c1ccc(C)cc1)c1ccc(OCc2ccccc2)c(NC(C)=O)c1. The van der Waals surface area contributed by atoms with Crippen LogP contribution in [0.15, 0.2) is 72.8 Å². The summed E-state index contributed by atoms with van der Waals surface area (Å²) in [5, 5.41) is 6.80. The second kappa shape index (κ2) is 13.0. The van der Waals surface area contributed by atoms with E-state index in [0.717, 1.165) is 24.0 Å². The highest BCUT2D eigenvalue weighted by Crippen LogP contribution is 2.32. The highest BCUT2D eigenvalue weighted by Gasteiger charge is 2.18. The van der Waals surface area contributed by atoms with Crippen molar-refractivity contribution in [3.63, 3.8) is 0 Å². The molecular weight excluding hydrogens is 420 g/mol. The van der Waals surface area contributed by atoms with Crippen LogP contribution in [0.2, 0.25) is 0 Å². The Kier molecular flexibility index (Phi) is 9.72. The van der Waals surface area contributed by atoms with E-state index in [0.29, 0.717) is 18.0 Å². The van der Waals surface area contributed by atoms with Crippen LogP contribution in [0.1, 0.15) is 80.8 Å². The molecule has 4 nitrogen and oxygen atoms in total. The Labute approximate surface area is 204 Å². The molecule has 3 aromatic carbocycles. The lowest BCUT2D eigenvalue weighted by molar-refractivity contribution is -0.114. The third kappa shape index (κ3) is 7.74. The summed E-state index contributed by atoms with van der Waals surface area (Å²) in [4.78, 5) is 11.9. The number of nitrogens with one attached hydrogen (secondary N) is 2. The first-order valence-corrected chi connectivity index (χ1v) is 12.4. The third-order valence-corrected chi connectivity index (χ3v) is 6.08. The summed E-state index contributed by atoms with van der Waals surface area (Å²) in [6.07, 6.45) is 4.57. The molecule has 0 saturated heterocycles. The second-order valence-electron chi connectivity index (χ2n) is 9.06. The Bertz CT molecular complexity index is 1030. The van der Waals surface area contributed by atoms with Gasteiger partial charge in [-0.15, -0.1) is 0 Å². The van der Waals surface area contributed by atoms with E-state index in [-0.39, 0.29) is 18.0 Å². The van der Waals surface area contributed by atoms with Crippen LogP contribution in [-0.4, -0.2) is 5.91 Å². The van der Waals surface area contributed by atoms with E-state index in [1.165, 1.54) is 30.9 Å². The van der Waals surface area contributed by atoms with Crippen LogP contribution in [0, 0.1) is 6.92 Å². The van der Waals surface area contributed by atoms with Gasteiger partial charge in [0.15, 0.2) is 0 Å². The molecule has 0 radical (unpaired) electrons. The Morgan fingerprint density at radius 1 is 0.941 bits per heavy atom. The number of hydrogen-bond donors (Lipinski definition) is 2. The van der Waals surface area contributed by atoms with Gasteiger partial charge in [-0.05, 0) is 49.1 Å². The quantitative estimate of drug-likeness (QED) is 0.276. The number of aryl methyl sites for hydroxylation is 1. The largest absolute Gasteiger partial charge is 0.487 e. The van der Waals surface area contributed by atoms with Gasteiger partial charge in [-0.25, -0.2) is 0 Å². The fraction of sp³-hybridized carbons (Fsp3) is 0.367. The minimum absolute atomic E-state index is 0.106. The smallest absolute Gasteiger partial charge is 0.221 e. The van der Waals surface area contributed by atoms with Crippen LogP contribution in [0.5, 0.6) is 5.75 Å². The zero-order valence-corrected chi connectivity index (χ0v) is 20.9. The third-order valence-electron chi connectivity index (χ3n) is 6.08. The van der Waals surface area contributed by atoms with Crippen molar-refractivity contribution in [2.24, 2.45) is 0 Å². The lowest BCUT2D eigenvalue weighted by Crippen LogP contribution is -2.25. The average molecular weight is 459 g/mol. The van der Waals surface area contributed by atoms with Crippen molar-refractivity contribution in [1.82, 2.24) is 5.32 Å². The van der Waals surface area contributed by atoms with Crippen molar-refractivity contribution in [1.29, 1.82) is 0 Å². The molecule has 180 valence electrons. The topological polar surface area (TPSA) is 50.4 Å². The molecule has 1 amide bonds. The first-order valence-electron chi connectivity index (χ1n) is 12.4. The predicted molar refractivity (Wildman–Crippen MR) is 141 cm³/mol. The highest BCUT2D eigenvalue weighted by atomic mass is 16.5. The van der Waals surface area contributed by atoms with Crippen LogP contribution in [0.4, 0.5) is 5.69 Å². The van der Waals surface area contributed by atoms with Crippen molar-refractivity contribution < 1.29 is 9.53 Å². The zero-order valence-electron chi connectivity index (χ0n) is 20.9. The van der Waals surface area contributed by atoms with Gasteiger partial charge in [0.1, 0.15) is 12.4 Å². The fourth-order valence-electron chi connectivity index (χ4n) is 4.11. The van der Waals surface area contributed by atoms with Crippen LogP contribution >= 0.6 is 0 Å². The van der Waals surface area contributed by atoms with Gasteiger partial charge in [-0.1, -0.05) is 92.4 Å². The molecule has 2 atom stereocenters. The number of anilines is 1. The van der Waals surface area contributed by atoms with Crippen molar-refractivity contribution >= 4 is 11.6 Å². The Morgan fingerprint density at radius 3 is 2.32 bits per heavy atom. The van der Waals surface area contributed by atoms with Crippen LogP contribution in [-0.2, 0) is 11.4 Å². The van der Waals surface area contributed by atoms with E-state index in [1.54, 1.807) is 0 Å². The number of amides is 1. The van der Waals surface area contributed by atoms with Gasteiger partial charge in [-0.2, -0.15) is 0 Å². The summed E-state index contributed by atoms with van der Waals surface area (Å²) < 4.78 is 6.08. The van der Waals surface area contributed by atoms with Crippen molar-refractivity contribution in [2.75, 3.05) is 5.32 Å². The second-order valence-corrected chi connectivity index (χ2v) is 9.06. The standard InChI is InChI=1S/C30H38N2O2/c1-5-6-8-13-28(31-23(3)26-16-14-22(2)15-17-26)27-18-19-30(29(20-27)32-24(4)33)34-21-25-11-9-7-10-12-25/h7,9-12,14-20,23,28,31H,5-6,8,13,21H2,1-4H3,(H,32,33). The molecule has 2 unspecified atom stereocenters. The number of hydrogen-bond acceptors (Lipinski definition) is 3.